The molecule has 0 fully saturated rings. The summed E-state index contributed by atoms with van der Waals surface area (Å²) in [6.07, 6.45) is 0. The first kappa shape index (κ1) is 11.3. The maximum atomic E-state index is 5.64. The third-order valence-electron chi connectivity index (χ3n) is 2.44. The molecule has 0 spiro atoms. The number of nitrogens with two attached hydrogens (primary N) is 1. The Morgan fingerprint density at radius 3 is 2.89 bits per heavy atom. The molecule has 8 heteroatoms. The summed E-state index contributed by atoms with van der Waals surface area (Å²) in [5.74, 6) is 0.359. The zero-order valence-corrected chi connectivity index (χ0v) is 10.2. The van der Waals surface area contributed by atoms with E-state index in [0.29, 0.717) is 6.61 Å². The van der Waals surface area contributed by atoms with Crippen molar-refractivity contribution >= 4 is 17.0 Å². The molecule has 0 amide bonds. The average Bonchev–Trinajstić information content (AvgIpc) is 2.82. The zero-order chi connectivity index (χ0) is 13.2. The third-order valence-corrected chi connectivity index (χ3v) is 2.44. The fourth-order valence-electron chi connectivity index (χ4n) is 1.67. The number of hydrogen-bond acceptors (Lipinski definition) is 7. The topological polar surface area (TPSA) is 105 Å². The van der Waals surface area contributed by atoms with Gasteiger partial charge in [0.1, 0.15) is 5.52 Å². The van der Waals surface area contributed by atoms with Crippen LogP contribution in [0.2, 0.25) is 0 Å². The number of anilines is 1. The van der Waals surface area contributed by atoms with Gasteiger partial charge in [0.25, 0.3) is 5.95 Å². The molecule has 3 aromatic rings. The molecule has 1 aromatic carbocycles. The Labute approximate surface area is 108 Å². The van der Waals surface area contributed by atoms with Crippen molar-refractivity contribution in [3.63, 3.8) is 0 Å². The normalized spacial score (nSPS) is 10.8. The number of rotatable bonds is 3. The van der Waals surface area contributed by atoms with Crippen LogP contribution in [-0.2, 0) is 0 Å². The smallest absolute Gasteiger partial charge is 0.323 e. The summed E-state index contributed by atoms with van der Waals surface area (Å²) in [5.41, 5.74) is 7.17. The summed E-state index contributed by atoms with van der Waals surface area (Å²) in [5, 5.41) is 8.04. The molecular formula is C11H11N7O. The Hall–Kier alpha value is -2.77. The fraction of sp³-hybridized carbons (Fsp3) is 0.182. The van der Waals surface area contributed by atoms with Crippen LogP contribution in [0.15, 0.2) is 24.3 Å². The van der Waals surface area contributed by atoms with Gasteiger partial charge in [-0.1, -0.05) is 17.3 Å². The van der Waals surface area contributed by atoms with E-state index in [2.05, 4.69) is 25.3 Å². The average molecular weight is 257 g/mol. The summed E-state index contributed by atoms with van der Waals surface area (Å²) in [6.45, 7) is 2.28. The lowest BCUT2D eigenvalue weighted by Crippen LogP contribution is -2.09. The van der Waals surface area contributed by atoms with Gasteiger partial charge in [0.05, 0.1) is 12.1 Å². The van der Waals surface area contributed by atoms with Crippen LogP contribution in [0.25, 0.3) is 17.0 Å². The number of hydrogen-bond donors (Lipinski definition) is 1. The maximum absolute atomic E-state index is 5.64. The largest absolute Gasteiger partial charge is 0.464 e. The minimum atomic E-state index is 0.0769. The molecule has 0 saturated carbocycles. The summed E-state index contributed by atoms with van der Waals surface area (Å²) >= 11 is 0. The highest BCUT2D eigenvalue weighted by molar-refractivity contribution is 5.75. The standard InChI is InChI=1S/C11H11N7O/c1-2-19-11-14-9(12)13-10(15-11)18-8-6-4-3-5-7(8)16-17-18/h3-6H,2H2,1H3,(H2,12,13,14,15). The van der Waals surface area contributed by atoms with Gasteiger partial charge in [-0.3, -0.25) is 0 Å². The molecule has 0 bridgehead atoms. The van der Waals surface area contributed by atoms with E-state index in [1.807, 2.05) is 31.2 Å². The summed E-state index contributed by atoms with van der Waals surface area (Å²) < 4.78 is 6.73. The van der Waals surface area contributed by atoms with E-state index in [4.69, 9.17) is 10.5 Å². The molecular weight excluding hydrogens is 246 g/mol. The number of fused-ring (bicyclic) bond motifs is 1. The molecule has 2 aromatic heterocycles. The van der Waals surface area contributed by atoms with Crippen LogP contribution >= 0.6 is 0 Å². The molecule has 0 unspecified atom stereocenters. The SMILES string of the molecule is CCOc1nc(N)nc(-n2nnc3ccccc32)n1. The second-order valence-electron chi connectivity index (χ2n) is 3.70. The molecule has 0 aliphatic heterocycles. The zero-order valence-electron chi connectivity index (χ0n) is 10.2. The van der Waals surface area contributed by atoms with E-state index in [1.54, 1.807) is 0 Å². The van der Waals surface area contributed by atoms with Gasteiger partial charge in [-0.25, -0.2) is 0 Å². The third kappa shape index (κ3) is 2.03. The van der Waals surface area contributed by atoms with Gasteiger partial charge in [-0.2, -0.15) is 19.6 Å². The molecule has 19 heavy (non-hydrogen) atoms. The van der Waals surface area contributed by atoms with Crippen molar-refractivity contribution in [3.8, 4) is 12.0 Å². The molecule has 96 valence electrons. The van der Waals surface area contributed by atoms with Gasteiger partial charge in [0.2, 0.25) is 5.95 Å². The van der Waals surface area contributed by atoms with Gasteiger partial charge < -0.3 is 10.5 Å². The van der Waals surface area contributed by atoms with Crippen LogP contribution < -0.4 is 10.5 Å². The van der Waals surface area contributed by atoms with Crippen LogP contribution in [0.3, 0.4) is 0 Å². The van der Waals surface area contributed by atoms with Crippen LogP contribution in [-0.4, -0.2) is 36.6 Å². The second-order valence-corrected chi connectivity index (χ2v) is 3.70. The molecule has 3 rings (SSSR count). The van der Waals surface area contributed by atoms with Crippen molar-refractivity contribution in [1.82, 2.24) is 29.9 Å². The van der Waals surface area contributed by atoms with E-state index < -0.39 is 0 Å². The Bertz CT molecular complexity index is 724. The van der Waals surface area contributed by atoms with Gasteiger partial charge in [-0.05, 0) is 19.1 Å². The molecule has 8 nitrogen and oxygen atoms in total. The van der Waals surface area contributed by atoms with Crippen molar-refractivity contribution in [3.05, 3.63) is 24.3 Å². The highest BCUT2D eigenvalue weighted by Gasteiger charge is 2.11. The van der Waals surface area contributed by atoms with Crippen LogP contribution in [0, 0.1) is 0 Å². The number of aromatic nitrogens is 6. The lowest BCUT2D eigenvalue weighted by atomic mass is 10.3. The first-order valence-electron chi connectivity index (χ1n) is 5.73. The first-order chi connectivity index (χ1) is 9.28. The van der Waals surface area contributed by atoms with E-state index in [0.717, 1.165) is 11.0 Å². The van der Waals surface area contributed by atoms with Crippen molar-refractivity contribution in [2.45, 2.75) is 6.92 Å². The second kappa shape index (κ2) is 4.48. The first-order valence-corrected chi connectivity index (χ1v) is 5.73. The van der Waals surface area contributed by atoms with Gasteiger partial charge in [-0.15, -0.1) is 5.10 Å². The van der Waals surface area contributed by atoms with E-state index in [-0.39, 0.29) is 17.9 Å². The summed E-state index contributed by atoms with van der Waals surface area (Å²) in [4.78, 5) is 12.1. The van der Waals surface area contributed by atoms with E-state index in [1.165, 1.54) is 4.68 Å². The number of benzene rings is 1. The Morgan fingerprint density at radius 1 is 1.21 bits per heavy atom. The Kier molecular flexibility index (Phi) is 2.67. The summed E-state index contributed by atoms with van der Waals surface area (Å²) in [7, 11) is 0. The Morgan fingerprint density at radius 2 is 2.05 bits per heavy atom. The molecule has 0 aliphatic rings. The fourth-order valence-corrected chi connectivity index (χ4v) is 1.67. The molecule has 2 N–H and O–H groups in total. The van der Waals surface area contributed by atoms with Crippen molar-refractivity contribution < 1.29 is 4.74 Å². The number of para-hydroxylation sites is 1. The molecule has 0 saturated heterocycles. The number of ether oxygens (including phenoxy) is 1. The molecule has 0 aliphatic carbocycles. The maximum Gasteiger partial charge on any atom is 0.323 e. The van der Waals surface area contributed by atoms with Crippen LogP contribution in [0.1, 0.15) is 6.92 Å². The van der Waals surface area contributed by atoms with Gasteiger partial charge in [0.15, 0.2) is 0 Å². The van der Waals surface area contributed by atoms with Crippen LogP contribution in [0.4, 0.5) is 5.95 Å². The highest BCUT2D eigenvalue weighted by atomic mass is 16.5. The summed E-state index contributed by atoms with van der Waals surface area (Å²) in [6, 6.07) is 7.66. The molecule has 0 radical (unpaired) electrons. The monoisotopic (exact) mass is 257 g/mol. The highest BCUT2D eigenvalue weighted by Crippen LogP contribution is 2.15. The van der Waals surface area contributed by atoms with Crippen molar-refractivity contribution in [2.75, 3.05) is 12.3 Å². The lowest BCUT2D eigenvalue weighted by molar-refractivity contribution is 0.311. The predicted octanol–water partition coefficient (Wildman–Crippen LogP) is 0.586. The number of nitrogens with zero attached hydrogens (tertiary/aromatic N) is 6. The minimum absolute atomic E-state index is 0.0769. The Balaban J connectivity index is 2.15. The van der Waals surface area contributed by atoms with E-state index in [9.17, 15) is 0 Å². The van der Waals surface area contributed by atoms with Gasteiger partial charge in [0, 0.05) is 0 Å². The van der Waals surface area contributed by atoms with Crippen molar-refractivity contribution in [1.29, 1.82) is 0 Å². The predicted molar refractivity (Wildman–Crippen MR) is 67.8 cm³/mol. The van der Waals surface area contributed by atoms with Crippen molar-refractivity contribution in [2.24, 2.45) is 0 Å². The minimum Gasteiger partial charge on any atom is -0.464 e. The van der Waals surface area contributed by atoms with Gasteiger partial charge >= 0.3 is 6.01 Å². The lowest BCUT2D eigenvalue weighted by Gasteiger charge is -2.04. The van der Waals surface area contributed by atoms with Crippen LogP contribution in [0.5, 0.6) is 6.01 Å². The van der Waals surface area contributed by atoms with E-state index >= 15 is 0 Å². The molecule has 2 heterocycles. The molecule has 0 atom stereocenters. The number of nitrogen functional groups attached to an aromatic ring is 1. The quantitative estimate of drug-likeness (QED) is 0.731.